The van der Waals surface area contributed by atoms with Gasteiger partial charge in [0, 0.05) is 39.0 Å². The van der Waals surface area contributed by atoms with Crippen molar-refractivity contribution in [3.8, 4) is 5.69 Å². The summed E-state index contributed by atoms with van der Waals surface area (Å²) in [7, 11) is 0. The van der Waals surface area contributed by atoms with Gasteiger partial charge in [0.25, 0.3) is 0 Å². The topological polar surface area (TPSA) is 67.2 Å². The quantitative estimate of drug-likeness (QED) is 0.505. The van der Waals surface area contributed by atoms with Crippen LogP contribution in [0.1, 0.15) is 57.5 Å². The number of rotatable bonds is 8. The summed E-state index contributed by atoms with van der Waals surface area (Å²) in [5.41, 5.74) is 2.36. The van der Waals surface area contributed by atoms with Gasteiger partial charge in [-0.3, -0.25) is 4.79 Å². The first-order valence-electron chi connectivity index (χ1n) is 12.1. The van der Waals surface area contributed by atoms with Crippen molar-refractivity contribution in [2.75, 3.05) is 31.1 Å². The molecule has 1 aliphatic heterocycles. The molecule has 0 spiro atoms. The van der Waals surface area contributed by atoms with Gasteiger partial charge in [0.15, 0.2) is 5.65 Å². The number of unbranched alkanes of at least 4 members (excludes halogenated alkanes) is 2. The third-order valence-corrected chi connectivity index (χ3v) is 6.23. The van der Waals surface area contributed by atoms with Crippen molar-refractivity contribution in [1.29, 1.82) is 0 Å². The summed E-state index contributed by atoms with van der Waals surface area (Å²) in [6, 6.07) is 6.31. The van der Waals surface area contributed by atoms with Crippen molar-refractivity contribution in [2.24, 2.45) is 0 Å². The minimum absolute atomic E-state index is 0.244. The number of aryl methyl sites for hydroxylation is 2. The minimum atomic E-state index is -0.280. The van der Waals surface area contributed by atoms with Crippen molar-refractivity contribution in [1.82, 2.24) is 24.6 Å². The van der Waals surface area contributed by atoms with Gasteiger partial charge in [-0.25, -0.2) is 19.0 Å². The first-order chi connectivity index (χ1) is 16.0. The van der Waals surface area contributed by atoms with Crippen LogP contribution in [-0.4, -0.2) is 56.7 Å². The Balaban J connectivity index is 1.69. The second-order valence-electron chi connectivity index (χ2n) is 8.71. The maximum atomic E-state index is 13.5. The highest BCUT2D eigenvalue weighted by Gasteiger charge is 2.26. The normalized spacial score (nSPS) is 14.3. The molecule has 33 heavy (non-hydrogen) atoms. The molecule has 0 aliphatic carbocycles. The summed E-state index contributed by atoms with van der Waals surface area (Å²) < 4.78 is 15.3. The molecule has 4 rings (SSSR count). The van der Waals surface area contributed by atoms with E-state index in [-0.39, 0.29) is 11.7 Å². The fourth-order valence-corrected chi connectivity index (χ4v) is 4.30. The fraction of sp³-hybridized carbons (Fsp3) is 0.520. The molecule has 3 aromatic rings. The number of aromatic nitrogens is 4. The number of nitrogens with zero attached hydrogens (tertiary/aromatic N) is 6. The van der Waals surface area contributed by atoms with Crippen LogP contribution in [0, 0.1) is 12.7 Å². The van der Waals surface area contributed by atoms with E-state index in [1.54, 1.807) is 16.8 Å². The van der Waals surface area contributed by atoms with Gasteiger partial charge in [0.05, 0.1) is 16.8 Å². The maximum Gasteiger partial charge on any atom is 0.222 e. The molecular formula is C25H33FN6O. The monoisotopic (exact) mass is 452 g/mol. The van der Waals surface area contributed by atoms with Crippen LogP contribution in [0.2, 0.25) is 0 Å². The van der Waals surface area contributed by atoms with Crippen LogP contribution in [0.25, 0.3) is 16.7 Å². The minimum Gasteiger partial charge on any atom is -0.352 e. The Hall–Kier alpha value is -3.03. The van der Waals surface area contributed by atoms with Crippen molar-refractivity contribution in [3.63, 3.8) is 0 Å². The van der Waals surface area contributed by atoms with E-state index in [1.807, 2.05) is 11.8 Å². The van der Waals surface area contributed by atoms with Gasteiger partial charge in [0.2, 0.25) is 5.91 Å². The number of anilines is 1. The lowest BCUT2D eigenvalue weighted by molar-refractivity contribution is -0.131. The average molecular weight is 453 g/mol. The summed E-state index contributed by atoms with van der Waals surface area (Å²) in [6.07, 6.45) is 5.46. The lowest BCUT2D eigenvalue weighted by Crippen LogP contribution is -2.49. The first kappa shape index (κ1) is 23.1. The second-order valence-corrected chi connectivity index (χ2v) is 8.71. The zero-order valence-corrected chi connectivity index (χ0v) is 19.8. The highest BCUT2D eigenvalue weighted by Crippen LogP contribution is 2.30. The first-order valence-corrected chi connectivity index (χ1v) is 12.1. The number of amides is 1. The Morgan fingerprint density at radius 2 is 1.70 bits per heavy atom. The van der Waals surface area contributed by atoms with Gasteiger partial charge in [-0.1, -0.05) is 26.7 Å². The Morgan fingerprint density at radius 1 is 1.00 bits per heavy atom. The highest BCUT2D eigenvalue weighted by molar-refractivity contribution is 5.91. The van der Waals surface area contributed by atoms with E-state index in [1.165, 1.54) is 12.1 Å². The molecule has 0 N–H and O–H groups in total. The predicted molar refractivity (Wildman–Crippen MR) is 128 cm³/mol. The number of piperazine rings is 1. The molecule has 7 nitrogen and oxygen atoms in total. The molecule has 2 aromatic heterocycles. The molecule has 1 aromatic carbocycles. The number of fused-ring (bicyclic) bond motifs is 1. The van der Waals surface area contributed by atoms with Crippen LogP contribution in [0.3, 0.4) is 0 Å². The van der Waals surface area contributed by atoms with Gasteiger partial charge in [-0.15, -0.1) is 0 Å². The molecule has 0 bridgehead atoms. The smallest absolute Gasteiger partial charge is 0.222 e. The summed E-state index contributed by atoms with van der Waals surface area (Å²) in [4.78, 5) is 26.5. The Morgan fingerprint density at radius 3 is 2.36 bits per heavy atom. The number of halogens is 1. The average Bonchev–Trinajstić information content (AvgIpc) is 3.17. The SMILES string of the molecule is CCCCC(=O)N1CCN(c2nc(CCCC)nc3c2c(C)nn3-c2ccc(F)cc2)CC1. The summed E-state index contributed by atoms with van der Waals surface area (Å²) in [6.45, 7) is 9.09. The largest absolute Gasteiger partial charge is 0.352 e. The van der Waals surface area contributed by atoms with Crippen LogP contribution in [-0.2, 0) is 11.2 Å². The highest BCUT2D eigenvalue weighted by atomic mass is 19.1. The van der Waals surface area contributed by atoms with Crippen molar-refractivity contribution >= 4 is 22.8 Å². The van der Waals surface area contributed by atoms with Crippen molar-refractivity contribution < 1.29 is 9.18 Å². The van der Waals surface area contributed by atoms with Gasteiger partial charge in [0.1, 0.15) is 17.5 Å². The van der Waals surface area contributed by atoms with Gasteiger partial charge >= 0.3 is 0 Å². The van der Waals surface area contributed by atoms with Crippen LogP contribution in [0.5, 0.6) is 0 Å². The molecule has 1 fully saturated rings. The Labute approximate surface area is 194 Å². The van der Waals surface area contributed by atoms with E-state index >= 15 is 0 Å². The van der Waals surface area contributed by atoms with E-state index in [4.69, 9.17) is 15.1 Å². The van der Waals surface area contributed by atoms with E-state index in [2.05, 4.69) is 18.7 Å². The lowest BCUT2D eigenvalue weighted by Gasteiger charge is -2.36. The molecule has 1 aliphatic rings. The van der Waals surface area contributed by atoms with E-state index < -0.39 is 0 Å². The molecule has 1 saturated heterocycles. The van der Waals surface area contributed by atoms with E-state index in [0.29, 0.717) is 19.5 Å². The van der Waals surface area contributed by atoms with Gasteiger partial charge < -0.3 is 9.80 Å². The molecule has 1 amide bonds. The summed E-state index contributed by atoms with van der Waals surface area (Å²) >= 11 is 0. The van der Waals surface area contributed by atoms with Crippen LogP contribution >= 0.6 is 0 Å². The molecule has 0 saturated carbocycles. The second kappa shape index (κ2) is 10.3. The zero-order chi connectivity index (χ0) is 23.4. The third-order valence-electron chi connectivity index (χ3n) is 6.23. The van der Waals surface area contributed by atoms with Crippen molar-refractivity contribution in [2.45, 2.75) is 59.3 Å². The number of hydrogen-bond acceptors (Lipinski definition) is 5. The molecular weight excluding hydrogens is 419 g/mol. The summed E-state index contributed by atoms with van der Waals surface area (Å²) in [5.74, 6) is 1.65. The van der Waals surface area contributed by atoms with Crippen LogP contribution in [0.15, 0.2) is 24.3 Å². The van der Waals surface area contributed by atoms with E-state index in [0.717, 1.165) is 79.3 Å². The number of carbonyl (C=O) groups is 1. The van der Waals surface area contributed by atoms with Crippen LogP contribution in [0.4, 0.5) is 10.2 Å². The van der Waals surface area contributed by atoms with Crippen LogP contribution < -0.4 is 4.90 Å². The standard InChI is InChI=1S/C25H33FN6O/c1-4-6-8-21-27-24(31-16-14-30(15-17-31)22(33)9-7-5-2)23-18(3)29-32(25(23)28-21)20-12-10-19(26)11-13-20/h10-13H,4-9,14-17H2,1-3H3. The Kier molecular flexibility index (Phi) is 7.20. The van der Waals surface area contributed by atoms with Crippen molar-refractivity contribution in [3.05, 3.63) is 41.6 Å². The molecule has 8 heteroatoms. The molecule has 3 heterocycles. The molecule has 0 atom stereocenters. The lowest BCUT2D eigenvalue weighted by atomic mass is 10.2. The van der Waals surface area contributed by atoms with Gasteiger partial charge in [-0.05, 0) is 44.0 Å². The maximum absolute atomic E-state index is 13.5. The fourth-order valence-electron chi connectivity index (χ4n) is 4.30. The summed E-state index contributed by atoms with van der Waals surface area (Å²) in [5, 5.41) is 5.67. The molecule has 176 valence electrons. The predicted octanol–water partition coefficient (Wildman–Crippen LogP) is 4.44. The number of benzene rings is 1. The van der Waals surface area contributed by atoms with E-state index in [9.17, 15) is 9.18 Å². The Bertz CT molecular complexity index is 1100. The molecule has 0 radical (unpaired) electrons. The number of carbonyl (C=O) groups excluding carboxylic acids is 1. The molecule has 0 unspecified atom stereocenters. The number of hydrogen-bond donors (Lipinski definition) is 0. The zero-order valence-electron chi connectivity index (χ0n) is 19.8. The third kappa shape index (κ3) is 4.99. The van der Waals surface area contributed by atoms with Gasteiger partial charge in [-0.2, -0.15) is 5.10 Å².